The van der Waals surface area contributed by atoms with Crippen LogP contribution in [0.1, 0.15) is 12.5 Å². The third-order valence-corrected chi connectivity index (χ3v) is 2.68. The highest BCUT2D eigenvalue weighted by atomic mass is 35.5. The number of allylic oxidation sites excluding steroid dienone is 1. The Bertz CT molecular complexity index is 456. The minimum atomic E-state index is -0.140. The summed E-state index contributed by atoms with van der Waals surface area (Å²) in [7, 11) is 3.37. The molecule has 4 nitrogen and oxygen atoms in total. The number of aliphatic imine (C=N–C) groups is 1. The molecule has 0 bridgehead atoms. The van der Waals surface area contributed by atoms with E-state index in [1.165, 1.54) is 11.2 Å². The normalized spacial score (nSPS) is 11.2. The molecule has 2 amide bonds. The van der Waals surface area contributed by atoms with Crippen LogP contribution in [0.2, 0.25) is 5.02 Å². The summed E-state index contributed by atoms with van der Waals surface area (Å²) in [4.78, 5) is 19.1. The number of carbonyl (C=O) groups is 1. The van der Waals surface area contributed by atoms with E-state index < -0.39 is 0 Å². The van der Waals surface area contributed by atoms with Gasteiger partial charge in [-0.15, -0.1) is 0 Å². The Hall–Kier alpha value is -1.81. The molecule has 19 heavy (non-hydrogen) atoms. The Morgan fingerprint density at radius 3 is 2.53 bits per heavy atom. The lowest BCUT2D eigenvalue weighted by molar-refractivity contribution is 0.194. The summed E-state index contributed by atoms with van der Waals surface area (Å²) in [5.41, 5.74) is 1.02. The van der Waals surface area contributed by atoms with Crippen molar-refractivity contribution < 1.29 is 4.79 Å². The number of hydrogen-bond acceptors (Lipinski definition) is 2. The second kappa shape index (κ2) is 7.59. The maximum absolute atomic E-state index is 12.2. The maximum Gasteiger partial charge on any atom is 0.329 e. The molecule has 0 aliphatic rings. The van der Waals surface area contributed by atoms with Crippen LogP contribution < -0.4 is 0 Å². The van der Waals surface area contributed by atoms with Crippen molar-refractivity contribution in [1.82, 2.24) is 9.80 Å². The molecule has 0 N–H and O–H groups in total. The van der Waals surface area contributed by atoms with Gasteiger partial charge in [0.05, 0.1) is 6.34 Å². The van der Waals surface area contributed by atoms with Gasteiger partial charge in [-0.1, -0.05) is 29.8 Å². The van der Waals surface area contributed by atoms with Gasteiger partial charge >= 0.3 is 6.03 Å². The number of urea groups is 1. The third-order valence-electron chi connectivity index (χ3n) is 2.43. The third kappa shape index (κ3) is 4.75. The molecule has 102 valence electrons. The van der Waals surface area contributed by atoms with Gasteiger partial charge in [0.25, 0.3) is 0 Å². The monoisotopic (exact) mass is 279 g/mol. The quantitative estimate of drug-likeness (QED) is 0.615. The van der Waals surface area contributed by atoms with Crippen LogP contribution in [0.4, 0.5) is 4.79 Å². The molecule has 5 heteroatoms. The Morgan fingerprint density at radius 1 is 1.37 bits per heavy atom. The highest BCUT2D eigenvalue weighted by Crippen LogP contribution is 2.11. The van der Waals surface area contributed by atoms with Gasteiger partial charge in [-0.05, 0) is 24.6 Å². The Kier molecular flexibility index (Phi) is 6.09. The summed E-state index contributed by atoms with van der Waals surface area (Å²) in [6, 6.07) is 7.29. The zero-order valence-corrected chi connectivity index (χ0v) is 12.1. The van der Waals surface area contributed by atoms with Crippen molar-refractivity contribution >= 4 is 24.0 Å². The van der Waals surface area contributed by atoms with E-state index in [1.54, 1.807) is 31.3 Å². The molecule has 0 unspecified atom stereocenters. The largest absolute Gasteiger partial charge is 0.329 e. The van der Waals surface area contributed by atoms with E-state index in [9.17, 15) is 4.79 Å². The van der Waals surface area contributed by atoms with Gasteiger partial charge in [-0.25, -0.2) is 4.79 Å². The van der Waals surface area contributed by atoms with Crippen LogP contribution in [0, 0.1) is 0 Å². The van der Waals surface area contributed by atoms with E-state index in [-0.39, 0.29) is 6.03 Å². The van der Waals surface area contributed by atoms with E-state index in [0.717, 1.165) is 5.56 Å². The van der Waals surface area contributed by atoms with Gasteiger partial charge in [0.2, 0.25) is 0 Å². The first kappa shape index (κ1) is 15.2. The molecule has 0 heterocycles. The Balaban J connectivity index is 2.73. The molecule has 0 aromatic heterocycles. The molecule has 1 rings (SSSR count). The minimum absolute atomic E-state index is 0.140. The molecular weight excluding hydrogens is 262 g/mol. The maximum atomic E-state index is 12.2. The molecule has 0 fully saturated rings. The molecule has 1 aromatic carbocycles. The second-order valence-corrected chi connectivity index (χ2v) is 4.46. The van der Waals surface area contributed by atoms with Crippen LogP contribution in [0.5, 0.6) is 0 Å². The molecule has 1 aromatic rings. The smallest absolute Gasteiger partial charge is 0.323 e. The lowest BCUT2D eigenvalue weighted by Crippen LogP contribution is -2.36. The first-order valence-corrected chi connectivity index (χ1v) is 6.29. The summed E-state index contributed by atoms with van der Waals surface area (Å²) in [6.07, 6.45) is 4.95. The van der Waals surface area contributed by atoms with Crippen molar-refractivity contribution in [3.63, 3.8) is 0 Å². The standard InChI is InChI=1S/C14H18ClN3O/c1-4-9-18(11-16-2)14(19)17(3)10-12-5-7-13(15)8-6-12/h4-9,11H,10H2,1-3H3/b9-4-,16-11+. The van der Waals surface area contributed by atoms with E-state index in [2.05, 4.69) is 4.99 Å². The van der Waals surface area contributed by atoms with E-state index in [0.29, 0.717) is 11.6 Å². The van der Waals surface area contributed by atoms with Crippen molar-refractivity contribution in [3.05, 3.63) is 47.1 Å². The van der Waals surface area contributed by atoms with Crippen LogP contribution >= 0.6 is 11.6 Å². The molecule has 0 aliphatic carbocycles. The minimum Gasteiger partial charge on any atom is -0.323 e. The van der Waals surface area contributed by atoms with Crippen molar-refractivity contribution in [2.24, 2.45) is 4.99 Å². The molecule has 0 saturated heterocycles. The number of hydrogen-bond donors (Lipinski definition) is 0. The van der Waals surface area contributed by atoms with Crippen LogP contribution in [0.15, 0.2) is 41.5 Å². The fourth-order valence-corrected chi connectivity index (χ4v) is 1.69. The summed E-state index contributed by atoms with van der Waals surface area (Å²) < 4.78 is 0. The summed E-state index contributed by atoms with van der Waals surface area (Å²) in [5, 5.41) is 0.686. The fraction of sp³-hybridized carbons (Fsp3) is 0.286. The molecular formula is C14H18ClN3O. The number of amides is 2. The summed E-state index contributed by atoms with van der Waals surface area (Å²) in [5.74, 6) is 0. The number of halogens is 1. The van der Waals surface area contributed by atoms with Crippen molar-refractivity contribution in [2.75, 3.05) is 14.1 Å². The second-order valence-electron chi connectivity index (χ2n) is 4.03. The van der Waals surface area contributed by atoms with Crippen LogP contribution in [0.3, 0.4) is 0 Å². The van der Waals surface area contributed by atoms with Gasteiger partial charge in [0.15, 0.2) is 0 Å². The van der Waals surface area contributed by atoms with Crippen LogP contribution in [-0.4, -0.2) is 36.3 Å². The molecule has 0 spiro atoms. The topological polar surface area (TPSA) is 35.9 Å². The van der Waals surface area contributed by atoms with Gasteiger partial charge in [-0.3, -0.25) is 9.89 Å². The predicted octanol–water partition coefficient (Wildman–Crippen LogP) is 3.39. The van der Waals surface area contributed by atoms with Gasteiger partial charge in [-0.2, -0.15) is 0 Å². The fourth-order valence-electron chi connectivity index (χ4n) is 1.57. The first-order chi connectivity index (χ1) is 9.08. The van der Waals surface area contributed by atoms with E-state index >= 15 is 0 Å². The zero-order valence-electron chi connectivity index (χ0n) is 11.4. The molecule has 0 saturated carbocycles. The zero-order chi connectivity index (χ0) is 14.3. The molecule has 0 radical (unpaired) electrons. The van der Waals surface area contributed by atoms with Crippen molar-refractivity contribution in [3.8, 4) is 0 Å². The number of rotatable bonds is 4. The Labute approximate surface area is 119 Å². The lowest BCUT2D eigenvalue weighted by atomic mass is 10.2. The van der Waals surface area contributed by atoms with Crippen LogP contribution in [-0.2, 0) is 6.54 Å². The predicted molar refractivity (Wildman–Crippen MR) is 79.4 cm³/mol. The highest BCUT2D eigenvalue weighted by molar-refractivity contribution is 6.30. The van der Waals surface area contributed by atoms with Gasteiger partial charge in [0.1, 0.15) is 0 Å². The van der Waals surface area contributed by atoms with E-state index in [1.807, 2.05) is 31.2 Å². The summed E-state index contributed by atoms with van der Waals surface area (Å²) >= 11 is 5.83. The SMILES string of the molecule is C/C=C\N(/C=N/C)C(=O)N(C)Cc1ccc(Cl)cc1. The lowest BCUT2D eigenvalue weighted by Gasteiger charge is -2.22. The van der Waals surface area contributed by atoms with Crippen molar-refractivity contribution in [1.29, 1.82) is 0 Å². The van der Waals surface area contributed by atoms with Gasteiger partial charge in [0, 0.05) is 31.9 Å². The molecule has 0 atom stereocenters. The average Bonchev–Trinajstić information content (AvgIpc) is 2.40. The highest BCUT2D eigenvalue weighted by Gasteiger charge is 2.14. The summed E-state index contributed by atoms with van der Waals surface area (Å²) in [6.45, 7) is 2.37. The van der Waals surface area contributed by atoms with Crippen LogP contribution in [0.25, 0.3) is 0 Å². The first-order valence-electron chi connectivity index (χ1n) is 5.91. The number of benzene rings is 1. The molecule has 0 aliphatic heterocycles. The van der Waals surface area contributed by atoms with Gasteiger partial charge < -0.3 is 4.90 Å². The average molecular weight is 280 g/mol. The van der Waals surface area contributed by atoms with E-state index in [4.69, 9.17) is 11.6 Å². The number of carbonyl (C=O) groups excluding carboxylic acids is 1. The Morgan fingerprint density at radius 2 is 2.00 bits per heavy atom. The number of nitrogens with zero attached hydrogens (tertiary/aromatic N) is 3. The van der Waals surface area contributed by atoms with Crippen molar-refractivity contribution in [2.45, 2.75) is 13.5 Å².